The normalized spacial score (nSPS) is 14.0. The third kappa shape index (κ3) is 4.18. The Morgan fingerprint density at radius 2 is 1.38 bits per heavy atom. The van der Waals surface area contributed by atoms with Gasteiger partial charge in [0.2, 0.25) is 0 Å². The maximum absolute atomic E-state index is 3.77. The Hall–Kier alpha value is -1.60. The van der Waals surface area contributed by atoms with Gasteiger partial charge >= 0.3 is 0 Å². The first-order chi connectivity index (χ1) is 9.99. The molecule has 2 aromatic rings. The molecule has 1 nitrogen and oxygen atoms in total. The molecular formula is C20H27N. The lowest BCUT2D eigenvalue weighted by Gasteiger charge is -2.24. The van der Waals surface area contributed by atoms with Crippen molar-refractivity contribution in [2.45, 2.75) is 53.1 Å². The first kappa shape index (κ1) is 15.8. The molecule has 0 aliphatic heterocycles. The number of nitrogens with one attached hydrogen (secondary N) is 1. The standard InChI is InChI=1S/C20H27N/c1-6-20(18-9-7-14(2)8-10-18)21-17(5)19-12-15(3)11-16(4)13-19/h7-13,17,20-21H,6H2,1-5H3. The lowest BCUT2D eigenvalue weighted by Crippen LogP contribution is -2.24. The van der Waals surface area contributed by atoms with E-state index >= 15 is 0 Å². The predicted molar refractivity (Wildman–Crippen MR) is 91.7 cm³/mol. The smallest absolute Gasteiger partial charge is 0.0323 e. The average molecular weight is 281 g/mol. The van der Waals surface area contributed by atoms with Crippen molar-refractivity contribution in [3.63, 3.8) is 0 Å². The molecule has 0 fully saturated rings. The third-order valence-electron chi connectivity index (χ3n) is 4.08. The summed E-state index contributed by atoms with van der Waals surface area (Å²) in [5, 5.41) is 3.77. The third-order valence-corrected chi connectivity index (χ3v) is 4.08. The highest BCUT2D eigenvalue weighted by atomic mass is 14.9. The van der Waals surface area contributed by atoms with Crippen LogP contribution in [0.4, 0.5) is 0 Å². The number of hydrogen-bond donors (Lipinski definition) is 1. The van der Waals surface area contributed by atoms with E-state index in [1.54, 1.807) is 0 Å². The van der Waals surface area contributed by atoms with Crippen molar-refractivity contribution in [3.8, 4) is 0 Å². The van der Waals surface area contributed by atoms with Crippen LogP contribution in [0.3, 0.4) is 0 Å². The van der Waals surface area contributed by atoms with Crippen LogP contribution in [0.5, 0.6) is 0 Å². The van der Waals surface area contributed by atoms with Gasteiger partial charge in [0, 0.05) is 12.1 Å². The van der Waals surface area contributed by atoms with E-state index < -0.39 is 0 Å². The van der Waals surface area contributed by atoms with Gasteiger partial charge in [0.25, 0.3) is 0 Å². The zero-order chi connectivity index (χ0) is 15.4. The summed E-state index contributed by atoms with van der Waals surface area (Å²) in [7, 11) is 0. The fourth-order valence-corrected chi connectivity index (χ4v) is 2.91. The molecule has 0 radical (unpaired) electrons. The van der Waals surface area contributed by atoms with Crippen molar-refractivity contribution in [1.82, 2.24) is 5.32 Å². The molecule has 2 rings (SSSR count). The van der Waals surface area contributed by atoms with E-state index in [4.69, 9.17) is 0 Å². The quantitative estimate of drug-likeness (QED) is 0.772. The monoisotopic (exact) mass is 281 g/mol. The lowest BCUT2D eigenvalue weighted by atomic mass is 9.98. The summed E-state index contributed by atoms with van der Waals surface area (Å²) in [5.41, 5.74) is 6.73. The van der Waals surface area contributed by atoms with E-state index in [2.05, 4.69) is 82.4 Å². The Morgan fingerprint density at radius 3 is 1.90 bits per heavy atom. The molecule has 1 N–H and O–H groups in total. The van der Waals surface area contributed by atoms with Gasteiger partial charge in [-0.15, -0.1) is 0 Å². The largest absolute Gasteiger partial charge is 0.303 e. The van der Waals surface area contributed by atoms with Crippen LogP contribution in [0.15, 0.2) is 42.5 Å². The highest BCUT2D eigenvalue weighted by Gasteiger charge is 2.14. The van der Waals surface area contributed by atoms with Crippen LogP contribution >= 0.6 is 0 Å². The van der Waals surface area contributed by atoms with Crippen molar-refractivity contribution >= 4 is 0 Å². The number of rotatable bonds is 5. The summed E-state index contributed by atoms with van der Waals surface area (Å²) in [6.45, 7) is 11.0. The molecule has 0 heterocycles. The van der Waals surface area contributed by atoms with Gasteiger partial charge in [-0.2, -0.15) is 0 Å². The molecule has 21 heavy (non-hydrogen) atoms. The van der Waals surface area contributed by atoms with Crippen LogP contribution in [-0.2, 0) is 0 Å². The van der Waals surface area contributed by atoms with Crippen LogP contribution < -0.4 is 5.32 Å². The minimum absolute atomic E-state index is 0.356. The van der Waals surface area contributed by atoms with Gasteiger partial charge in [-0.3, -0.25) is 0 Å². The highest BCUT2D eigenvalue weighted by molar-refractivity contribution is 5.31. The minimum atomic E-state index is 0.356. The number of aryl methyl sites for hydroxylation is 3. The fourth-order valence-electron chi connectivity index (χ4n) is 2.91. The van der Waals surface area contributed by atoms with Gasteiger partial charge < -0.3 is 5.32 Å². The molecule has 1 heteroatoms. The van der Waals surface area contributed by atoms with Gasteiger partial charge in [0.15, 0.2) is 0 Å². The van der Waals surface area contributed by atoms with Gasteiger partial charge in [0.05, 0.1) is 0 Å². The Bertz CT molecular complexity index is 563. The molecule has 0 saturated carbocycles. The zero-order valence-electron chi connectivity index (χ0n) is 13.9. The second-order valence-corrected chi connectivity index (χ2v) is 6.18. The first-order valence-electron chi connectivity index (χ1n) is 7.90. The molecule has 2 aromatic carbocycles. The molecule has 0 spiro atoms. The van der Waals surface area contributed by atoms with Crippen molar-refractivity contribution in [2.24, 2.45) is 0 Å². The Kier molecular flexibility index (Phi) is 5.19. The number of benzene rings is 2. The summed E-state index contributed by atoms with van der Waals surface area (Å²) in [5.74, 6) is 0. The van der Waals surface area contributed by atoms with Gasteiger partial charge in [-0.05, 0) is 45.2 Å². The van der Waals surface area contributed by atoms with Crippen molar-refractivity contribution in [2.75, 3.05) is 0 Å². The molecule has 112 valence electrons. The van der Waals surface area contributed by atoms with E-state index in [9.17, 15) is 0 Å². The van der Waals surface area contributed by atoms with Crippen LogP contribution in [0.1, 0.15) is 60.2 Å². The maximum Gasteiger partial charge on any atom is 0.0323 e. The molecule has 0 bridgehead atoms. The van der Waals surface area contributed by atoms with E-state index in [0.29, 0.717) is 12.1 Å². The summed E-state index contributed by atoms with van der Waals surface area (Å²) in [6, 6.07) is 16.4. The topological polar surface area (TPSA) is 12.0 Å². The summed E-state index contributed by atoms with van der Waals surface area (Å²) >= 11 is 0. The molecule has 0 aliphatic rings. The van der Waals surface area contributed by atoms with Crippen molar-refractivity contribution < 1.29 is 0 Å². The SMILES string of the molecule is CCC(NC(C)c1cc(C)cc(C)c1)c1ccc(C)cc1. The Balaban J connectivity index is 2.15. The summed E-state index contributed by atoms with van der Waals surface area (Å²) in [6.07, 6.45) is 1.10. The average Bonchev–Trinajstić information content (AvgIpc) is 2.44. The molecule has 2 unspecified atom stereocenters. The molecule has 0 amide bonds. The first-order valence-corrected chi connectivity index (χ1v) is 7.90. The molecule has 0 aromatic heterocycles. The zero-order valence-corrected chi connectivity index (χ0v) is 13.9. The summed E-state index contributed by atoms with van der Waals surface area (Å²) < 4.78 is 0. The summed E-state index contributed by atoms with van der Waals surface area (Å²) in [4.78, 5) is 0. The van der Waals surface area contributed by atoms with Crippen LogP contribution in [0.25, 0.3) is 0 Å². The second kappa shape index (κ2) is 6.91. The minimum Gasteiger partial charge on any atom is -0.303 e. The Morgan fingerprint density at radius 1 is 0.810 bits per heavy atom. The van der Waals surface area contributed by atoms with E-state index in [1.807, 2.05) is 0 Å². The number of hydrogen-bond acceptors (Lipinski definition) is 1. The Labute approximate surface area is 129 Å². The van der Waals surface area contributed by atoms with Gasteiger partial charge in [0.1, 0.15) is 0 Å². The van der Waals surface area contributed by atoms with Crippen LogP contribution in [0, 0.1) is 20.8 Å². The molecular weight excluding hydrogens is 254 g/mol. The second-order valence-electron chi connectivity index (χ2n) is 6.18. The maximum atomic E-state index is 3.77. The molecule has 0 aliphatic carbocycles. The highest BCUT2D eigenvalue weighted by Crippen LogP contribution is 2.23. The van der Waals surface area contributed by atoms with E-state index in [-0.39, 0.29) is 0 Å². The fraction of sp³-hybridized carbons (Fsp3) is 0.400. The predicted octanol–water partition coefficient (Wildman–Crippen LogP) is 5.41. The van der Waals surface area contributed by atoms with Crippen LogP contribution in [-0.4, -0.2) is 0 Å². The van der Waals surface area contributed by atoms with E-state index in [1.165, 1.54) is 27.8 Å². The van der Waals surface area contributed by atoms with Crippen LogP contribution in [0.2, 0.25) is 0 Å². The van der Waals surface area contributed by atoms with Crippen molar-refractivity contribution in [3.05, 3.63) is 70.3 Å². The van der Waals surface area contributed by atoms with Crippen molar-refractivity contribution in [1.29, 1.82) is 0 Å². The lowest BCUT2D eigenvalue weighted by molar-refractivity contribution is 0.456. The molecule has 2 atom stereocenters. The van der Waals surface area contributed by atoms with E-state index in [0.717, 1.165) is 6.42 Å². The van der Waals surface area contributed by atoms with Gasteiger partial charge in [-0.25, -0.2) is 0 Å². The van der Waals surface area contributed by atoms with Gasteiger partial charge in [-0.1, -0.05) is 66.1 Å². The molecule has 0 saturated heterocycles.